The highest BCUT2D eigenvalue weighted by Gasteiger charge is 2.27. The number of rotatable bonds is 1. The number of fused-ring (bicyclic) bond motifs is 1. The number of hydrogen-bond acceptors (Lipinski definition) is 2. The lowest BCUT2D eigenvalue weighted by Crippen LogP contribution is -2.30. The second-order valence-electron chi connectivity index (χ2n) is 6.41. The number of halogens is 2. The summed E-state index contributed by atoms with van der Waals surface area (Å²) >= 11 is 0. The van der Waals surface area contributed by atoms with Crippen molar-refractivity contribution in [2.75, 3.05) is 6.54 Å². The monoisotopic (exact) mass is 291 g/mol. The van der Waals surface area contributed by atoms with Crippen molar-refractivity contribution in [3.63, 3.8) is 0 Å². The Labute approximate surface area is 123 Å². The summed E-state index contributed by atoms with van der Waals surface area (Å²) in [4.78, 5) is 0. The van der Waals surface area contributed by atoms with E-state index in [2.05, 4.69) is 31.2 Å². The first-order valence-corrected chi connectivity index (χ1v) is 7.15. The van der Waals surface area contributed by atoms with Crippen LogP contribution in [-0.2, 0) is 18.5 Å². The second kappa shape index (κ2) is 4.91. The summed E-state index contributed by atoms with van der Waals surface area (Å²) in [5, 5.41) is 7.93. The Morgan fingerprint density at radius 3 is 2.67 bits per heavy atom. The van der Waals surface area contributed by atoms with Gasteiger partial charge in [0, 0.05) is 42.4 Å². The molecule has 3 nitrogen and oxygen atoms in total. The Bertz CT molecular complexity index is 684. The fraction of sp³-hybridized carbons (Fsp3) is 0.438. The zero-order valence-corrected chi connectivity index (χ0v) is 12.5. The van der Waals surface area contributed by atoms with Crippen molar-refractivity contribution in [3.8, 4) is 11.3 Å². The molecule has 0 saturated heterocycles. The SMILES string of the molecule is CC(C)(C)n1nc(-c2ccc(F)cc2F)c2c1CCNC2. The molecule has 0 saturated carbocycles. The number of nitrogens with one attached hydrogen (secondary N) is 1. The van der Waals surface area contributed by atoms with Crippen LogP contribution in [0, 0.1) is 11.6 Å². The van der Waals surface area contributed by atoms with Crippen LogP contribution in [0.25, 0.3) is 11.3 Å². The maximum Gasteiger partial charge on any atom is 0.135 e. The fourth-order valence-electron chi connectivity index (χ4n) is 2.80. The third kappa shape index (κ3) is 2.46. The third-order valence-corrected chi connectivity index (χ3v) is 3.75. The minimum atomic E-state index is -0.571. The van der Waals surface area contributed by atoms with E-state index in [1.807, 2.05) is 4.68 Å². The molecule has 0 radical (unpaired) electrons. The smallest absolute Gasteiger partial charge is 0.135 e. The van der Waals surface area contributed by atoms with Crippen molar-refractivity contribution in [1.29, 1.82) is 0 Å². The molecule has 21 heavy (non-hydrogen) atoms. The molecule has 1 aromatic carbocycles. The Kier molecular flexibility index (Phi) is 3.32. The van der Waals surface area contributed by atoms with Gasteiger partial charge in [-0.05, 0) is 32.9 Å². The summed E-state index contributed by atoms with van der Waals surface area (Å²) in [6.07, 6.45) is 0.864. The van der Waals surface area contributed by atoms with Gasteiger partial charge in [-0.15, -0.1) is 0 Å². The third-order valence-electron chi connectivity index (χ3n) is 3.75. The van der Waals surface area contributed by atoms with E-state index in [9.17, 15) is 8.78 Å². The molecule has 1 aliphatic rings. The van der Waals surface area contributed by atoms with E-state index in [0.29, 0.717) is 17.8 Å². The average Bonchev–Trinajstić information content (AvgIpc) is 2.78. The van der Waals surface area contributed by atoms with Gasteiger partial charge in [0.1, 0.15) is 17.3 Å². The maximum absolute atomic E-state index is 14.1. The quantitative estimate of drug-likeness (QED) is 0.874. The van der Waals surface area contributed by atoms with Gasteiger partial charge in [0.15, 0.2) is 0 Å². The van der Waals surface area contributed by atoms with Crippen LogP contribution in [0.4, 0.5) is 8.78 Å². The van der Waals surface area contributed by atoms with Gasteiger partial charge in [0.2, 0.25) is 0 Å². The predicted octanol–water partition coefficient (Wildman–Crippen LogP) is 3.23. The van der Waals surface area contributed by atoms with Crippen molar-refractivity contribution < 1.29 is 8.78 Å². The first-order chi connectivity index (χ1) is 9.88. The summed E-state index contributed by atoms with van der Waals surface area (Å²) in [5.41, 5.74) is 2.96. The van der Waals surface area contributed by atoms with E-state index in [-0.39, 0.29) is 5.54 Å². The standard InChI is InChI=1S/C16H19F2N3/c1-16(2,3)21-14-6-7-19-9-12(14)15(20-21)11-5-4-10(17)8-13(11)18/h4-5,8,19H,6-7,9H2,1-3H3. The molecule has 3 rings (SSSR count). The van der Waals surface area contributed by atoms with Crippen LogP contribution >= 0.6 is 0 Å². The second-order valence-corrected chi connectivity index (χ2v) is 6.41. The van der Waals surface area contributed by atoms with Crippen molar-refractivity contribution >= 4 is 0 Å². The summed E-state index contributed by atoms with van der Waals surface area (Å²) in [5.74, 6) is -1.14. The van der Waals surface area contributed by atoms with Crippen LogP contribution < -0.4 is 5.32 Å². The zero-order valence-electron chi connectivity index (χ0n) is 12.5. The van der Waals surface area contributed by atoms with E-state index < -0.39 is 11.6 Å². The molecule has 1 N–H and O–H groups in total. The van der Waals surface area contributed by atoms with Crippen molar-refractivity contribution in [2.24, 2.45) is 0 Å². The molecule has 1 aliphatic heterocycles. The summed E-state index contributed by atoms with van der Waals surface area (Å²) in [7, 11) is 0. The van der Waals surface area contributed by atoms with Gasteiger partial charge in [-0.25, -0.2) is 8.78 Å². The lowest BCUT2D eigenvalue weighted by molar-refractivity contribution is 0.340. The molecule has 0 spiro atoms. The topological polar surface area (TPSA) is 29.9 Å². The van der Waals surface area contributed by atoms with Gasteiger partial charge in [-0.3, -0.25) is 4.68 Å². The number of hydrogen-bond donors (Lipinski definition) is 1. The Hall–Kier alpha value is -1.75. The molecular weight excluding hydrogens is 272 g/mol. The molecule has 1 aromatic heterocycles. The van der Waals surface area contributed by atoms with E-state index in [0.717, 1.165) is 30.3 Å². The van der Waals surface area contributed by atoms with Gasteiger partial charge in [-0.2, -0.15) is 5.10 Å². The minimum absolute atomic E-state index is 0.170. The van der Waals surface area contributed by atoms with Gasteiger partial charge in [-0.1, -0.05) is 0 Å². The van der Waals surface area contributed by atoms with Gasteiger partial charge >= 0.3 is 0 Å². The van der Waals surface area contributed by atoms with E-state index in [4.69, 9.17) is 0 Å². The van der Waals surface area contributed by atoms with Gasteiger partial charge in [0.05, 0.1) is 5.54 Å². The molecular formula is C16H19F2N3. The van der Waals surface area contributed by atoms with E-state index in [1.54, 1.807) is 0 Å². The number of benzene rings is 1. The van der Waals surface area contributed by atoms with Gasteiger partial charge < -0.3 is 5.32 Å². The lowest BCUT2D eigenvalue weighted by atomic mass is 10.0. The molecule has 0 aliphatic carbocycles. The Balaban J connectivity index is 2.21. The Morgan fingerprint density at radius 1 is 1.24 bits per heavy atom. The molecule has 0 bridgehead atoms. The highest BCUT2D eigenvalue weighted by molar-refractivity contribution is 5.65. The average molecular weight is 291 g/mol. The molecule has 0 fully saturated rings. The molecule has 0 atom stereocenters. The van der Waals surface area contributed by atoms with Crippen LogP contribution in [0.2, 0.25) is 0 Å². The molecule has 0 unspecified atom stereocenters. The summed E-state index contributed by atoms with van der Waals surface area (Å²) in [6, 6.07) is 3.65. The normalized spacial score (nSPS) is 15.1. The zero-order chi connectivity index (χ0) is 15.2. The summed E-state index contributed by atoms with van der Waals surface area (Å²) in [6.45, 7) is 7.78. The van der Waals surface area contributed by atoms with Crippen LogP contribution in [0.15, 0.2) is 18.2 Å². The minimum Gasteiger partial charge on any atom is -0.312 e. The fourth-order valence-corrected chi connectivity index (χ4v) is 2.80. The molecule has 5 heteroatoms. The first-order valence-electron chi connectivity index (χ1n) is 7.15. The predicted molar refractivity (Wildman–Crippen MR) is 78.0 cm³/mol. The van der Waals surface area contributed by atoms with E-state index >= 15 is 0 Å². The molecule has 0 amide bonds. The number of nitrogens with zero attached hydrogens (tertiary/aromatic N) is 2. The first kappa shape index (κ1) is 14.2. The van der Waals surface area contributed by atoms with Crippen molar-refractivity contribution in [3.05, 3.63) is 41.1 Å². The van der Waals surface area contributed by atoms with Crippen molar-refractivity contribution in [1.82, 2.24) is 15.1 Å². The van der Waals surface area contributed by atoms with Crippen LogP contribution in [0.1, 0.15) is 32.0 Å². The van der Waals surface area contributed by atoms with Gasteiger partial charge in [0.25, 0.3) is 0 Å². The van der Waals surface area contributed by atoms with Crippen LogP contribution in [-0.4, -0.2) is 16.3 Å². The molecule has 112 valence electrons. The van der Waals surface area contributed by atoms with Crippen molar-refractivity contribution in [2.45, 2.75) is 39.3 Å². The number of aromatic nitrogens is 2. The lowest BCUT2D eigenvalue weighted by Gasteiger charge is -2.24. The molecule has 2 heterocycles. The highest BCUT2D eigenvalue weighted by Crippen LogP contribution is 2.32. The maximum atomic E-state index is 14.1. The Morgan fingerprint density at radius 2 is 2.00 bits per heavy atom. The largest absolute Gasteiger partial charge is 0.312 e. The van der Waals surface area contributed by atoms with Crippen LogP contribution in [0.5, 0.6) is 0 Å². The molecule has 2 aromatic rings. The summed E-state index contributed by atoms with van der Waals surface area (Å²) < 4.78 is 29.2. The van der Waals surface area contributed by atoms with E-state index in [1.165, 1.54) is 12.1 Å². The van der Waals surface area contributed by atoms with Crippen LogP contribution in [0.3, 0.4) is 0 Å². The highest BCUT2D eigenvalue weighted by atomic mass is 19.1.